The maximum Gasteiger partial charge on any atom is 0.294 e. The van der Waals surface area contributed by atoms with E-state index in [0.717, 1.165) is 16.5 Å². The summed E-state index contributed by atoms with van der Waals surface area (Å²) in [6.45, 7) is 0. The van der Waals surface area contributed by atoms with Gasteiger partial charge in [0.05, 0.1) is 22.5 Å². The van der Waals surface area contributed by atoms with Gasteiger partial charge in [0.2, 0.25) is 0 Å². The molecule has 0 atom stereocenters. The lowest BCUT2D eigenvalue weighted by molar-refractivity contribution is 0.483. The number of nitrogens with zero attached hydrogens (tertiary/aromatic N) is 4. The van der Waals surface area contributed by atoms with E-state index in [0.29, 0.717) is 11.5 Å². The molecule has 0 saturated heterocycles. The van der Waals surface area contributed by atoms with E-state index in [1.54, 1.807) is 12.3 Å². The quantitative estimate of drug-likeness (QED) is 0.564. The number of azo groups is 1. The van der Waals surface area contributed by atoms with Gasteiger partial charge < -0.3 is 4.90 Å². The predicted molar refractivity (Wildman–Crippen MR) is 96.5 cm³/mol. The van der Waals surface area contributed by atoms with E-state index in [-0.39, 0.29) is 4.90 Å². The lowest BCUT2D eigenvalue weighted by Crippen LogP contribution is -2.09. The van der Waals surface area contributed by atoms with Crippen LogP contribution in [0, 0.1) is 0 Å². The number of hydrogen-bond acceptors (Lipinski definition) is 6. The highest BCUT2D eigenvalue weighted by molar-refractivity contribution is 7.85. The average molecular weight is 356 g/mol. The number of anilines is 1. The number of rotatable bonds is 4. The van der Waals surface area contributed by atoms with Crippen LogP contribution < -0.4 is 4.90 Å². The van der Waals surface area contributed by atoms with Gasteiger partial charge in [-0.3, -0.25) is 4.55 Å². The lowest BCUT2D eigenvalue weighted by atomic mass is 10.1. The van der Waals surface area contributed by atoms with Gasteiger partial charge in [0.25, 0.3) is 10.1 Å². The van der Waals surface area contributed by atoms with Crippen molar-refractivity contribution < 1.29 is 13.0 Å². The number of pyridine rings is 1. The van der Waals surface area contributed by atoms with Crippen LogP contribution in [0.1, 0.15) is 0 Å². The Kier molecular flexibility index (Phi) is 4.47. The van der Waals surface area contributed by atoms with Gasteiger partial charge in [-0.1, -0.05) is 30.3 Å². The van der Waals surface area contributed by atoms with Gasteiger partial charge in [0, 0.05) is 24.9 Å². The second-order valence-electron chi connectivity index (χ2n) is 5.58. The first-order valence-electron chi connectivity index (χ1n) is 7.40. The van der Waals surface area contributed by atoms with Crippen LogP contribution in [0.4, 0.5) is 17.2 Å². The molecule has 0 saturated carbocycles. The van der Waals surface area contributed by atoms with Gasteiger partial charge >= 0.3 is 0 Å². The molecule has 1 heterocycles. The van der Waals surface area contributed by atoms with Crippen LogP contribution in [-0.4, -0.2) is 32.0 Å². The Morgan fingerprint density at radius 1 is 1.00 bits per heavy atom. The fourth-order valence-electron chi connectivity index (χ4n) is 2.41. The standard InChI is InChI=1S/C17H16N4O3S/c1-21(2)16-11-18-17(15-9-4-3-8-14(15)16)20-19-12-6-5-7-13(10-12)25(22,23)24/h3-11H,1-2H3,(H,22,23,24). The second kappa shape index (κ2) is 6.58. The number of fused-ring (bicyclic) bond motifs is 1. The molecule has 1 aromatic heterocycles. The van der Waals surface area contributed by atoms with E-state index in [1.165, 1.54) is 18.2 Å². The summed E-state index contributed by atoms with van der Waals surface area (Å²) in [4.78, 5) is 6.08. The van der Waals surface area contributed by atoms with E-state index < -0.39 is 10.1 Å². The zero-order valence-corrected chi connectivity index (χ0v) is 14.5. The average Bonchev–Trinajstić information content (AvgIpc) is 2.59. The minimum absolute atomic E-state index is 0.232. The third-order valence-corrected chi connectivity index (χ3v) is 4.46. The zero-order chi connectivity index (χ0) is 18.0. The second-order valence-corrected chi connectivity index (χ2v) is 7.00. The van der Waals surface area contributed by atoms with E-state index in [4.69, 9.17) is 4.55 Å². The third kappa shape index (κ3) is 3.65. The van der Waals surface area contributed by atoms with Crippen molar-refractivity contribution in [2.45, 2.75) is 4.90 Å². The van der Waals surface area contributed by atoms with Crippen molar-refractivity contribution in [1.29, 1.82) is 0 Å². The van der Waals surface area contributed by atoms with Gasteiger partial charge in [-0.2, -0.15) is 8.42 Å². The van der Waals surface area contributed by atoms with Crippen molar-refractivity contribution in [3.8, 4) is 0 Å². The van der Waals surface area contributed by atoms with Crippen LogP contribution in [0.3, 0.4) is 0 Å². The Morgan fingerprint density at radius 3 is 2.40 bits per heavy atom. The summed E-state index contributed by atoms with van der Waals surface area (Å²) in [5.41, 5.74) is 1.26. The van der Waals surface area contributed by atoms with Gasteiger partial charge in [-0.25, -0.2) is 4.98 Å². The molecule has 0 spiro atoms. The van der Waals surface area contributed by atoms with Crippen LogP contribution >= 0.6 is 0 Å². The molecular weight excluding hydrogens is 340 g/mol. The zero-order valence-electron chi connectivity index (χ0n) is 13.7. The van der Waals surface area contributed by atoms with Crippen LogP contribution in [0.15, 0.2) is 69.9 Å². The molecule has 0 aliphatic rings. The summed E-state index contributed by atoms with van der Waals surface area (Å²) in [6, 6.07) is 13.3. The van der Waals surface area contributed by atoms with Crippen LogP contribution in [0.25, 0.3) is 10.8 Å². The summed E-state index contributed by atoms with van der Waals surface area (Å²) in [5.74, 6) is 0.429. The van der Waals surface area contributed by atoms with E-state index in [9.17, 15) is 8.42 Å². The number of benzene rings is 2. The van der Waals surface area contributed by atoms with Crippen LogP contribution in [0.2, 0.25) is 0 Å². The Hall–Kier alpha value is -2.84. The third-order valence-electron chi connectivity index (χ3n) is 3.61. The van der Waals surface area contributed by atoms with Crippen LogP contribution in [0.5, 0.6) is 0 Å². The minimum atomic E-state index is -4.28. The molecule has 128 valence electrons. The van der Waals surface area contributed by atoms with Crippen molar-refractivity contribution in [2.75, 3.05) is 19.0 Å². The number of hydrogen-bond donors (Lipinski definition) is 1. The smallest absolute Gasteiger partial charge is 0.294 e. The first kappa shape index (κ1) is 17.0. The predicted octanol–water partition coefficient (Wildman–Crippen LogP) is 3.96. The van der Waals surface area contributed by atoms with Crippen molar-refractivity contribution in [1.82, 2.24) is 4.98 Å². The molecule has 0 unspecified atom stereocenters. The number of aromatic nitrogens is 1. The molecule has 3 aromatic rings. The Labute approximate surface area is 145 Å². The maximum atomic E-state index is 11.2. The van der Waals surface area contributed by atoms with Crippen molar-refractivity contribution in [3.63, 3.8) is 0 Å². The lowest BCUT2D eigenvalue weighted by Gasteiger charge is -2.15. The molecule has 8 heteroatoms. The van der Waals surface area contributed by atoms with Gasteiger partial charge in [-0.05, 0) is 18.2 Å². The fraction of sp³-hybridized carbons (Fsp3) is 0.118. The summed E-state index contributed by atoms with van der Waals surface area (Å²) in [5, 5.41) is 10.0. The van der Waals surface area contributed by atoms with Crippen LogP contribution in [-0.2, 0) is 10.1 Å². The molecule has 2 aromatic carbocycles. The molecule has 0 bridgehead atoms. The molecule has 1 N–H and O–H groups in total. The first-order valence-corrected chi connectivity index (χ1v) is 8.84. The Balaban J connectivity index is 2.04. The highest BCUT2D eigenvalue weighted by atomic mass is 32.2. The molecule has 0 aliphatic carbocycles. The highest BCUT2D eigenvalue weighted by Gasteiger charge is 2.10. The van der Waals surface area contributed by atoms with E-state index in [1.807, 2.05) is 43.3 Å². The Morgan fingerprint density at radius 2 is 1.72 bits per heavy atom. The fourth-order valence-corrected chi connectivity index (χ4v) is 2.93. The summed E-state index contributed by atoms with van der Waals surface area (Å²) in [6.07, 6.45) is 1.71. The highest BCUT2D eigenvalue weighted by Crippen LogP contribution is 2.31. The molecule has 0 aliphatic heterocycles. The molecule has 0 amide bonds. The van der Waals surface area contributed by atoms with E-state index in [2.05, 4.69) is 15.2 Å². The molecule has 3 rings (SSSR count). The largest absolute Gasteiger partial charge is 0.376 e. The molecular formula is C17H16N4O3S. The van der Waals surface area contributed by atoms with Gasteiger partial charge in [-0.15, -0.1) is 10.2 Å². The molecule has 25 heavy (non-hydrogen) atoms. The monoisotopic (exact) mass is 356 g/mol. The summed E-state index contributed by atoms with van der Waals surface area (Å²) in [7, 11) is -0.409. The minimum Gasteiger partial charge on any atom is -0.376 e. The summed E-state index contributed by atoms with van der Waals surface area (Å²) < 4.78 is 31.5. The Bertz CT molecular complexity index is 1060. The van der Waals surface area contributed by atoms with Crippen molar-refractivity contribution in [3.05, 3.63) is 54.7 Å². The van der Waals surface area contributed by atoms with E-state index >= 15 is 0 Å². The first-order chi connectivity index (χ1) is 11.9. The van der Waals surface area contributed by atoms with Crippen molar-refractivity contribution >= 4 is 38.1 Å². The SMILES string of the molecule is CN(C)c1cnc(N=Nc2cccc(S(=O)(=O)O)c2)c2ccccc12. The maximum absolute atomic E-state index is 11.2. The molecule has 0 radical (unpaired) electrons. The molecule has 0 fully saturated rings. The van der Waals surface area contributed by atoms with Crippen molar-refractivity contribution in [2.24, 2.45) is 10.2 Å². The van der Waals surface area contributed by atoms with Gasteiger partial charge in [0.1, 0.15) is 0 Å². The normalized spacial score (nSPS) is 12.0. The molecule has 7 nitrogen and oxygen atoms in total. The van der Waals surface area contributed by atoms with Gasteiger partial charge in [0.15, 0.2) is 5.82 Å². The summed E-state index contributed by atoms with van der Waals surface area (Å²) >= 11 is 0. The topological polar surface area (TPSA) is 95.2 Å².